The van der Waals surface area contributed by atoms with E-state index >= 15 is 0 Å². The summed E-state index contributed by atoms with van der Waals surface area (Å²) in [6.07, 6.45) is 1.71. The summed E-state index contributed by atoms with van der Waals surface area (Å²) >= 11 is 0. The number of nitrogens with two attached hydrogens (primary N) is 1. The highest BCUT2D eigenvalue weighted by molar-refractivity contribution is 6.07. The van der Waals surface area contributed by atoms with E-state index in [1.54, 1.807) is 6.20 Å². The van der Waals surface area contributed by atoms with Gasteiger partial charge in [-0.2, -0.15) is 5.10 Å². The van der Waals surface area contributed by atoms with Crippen LogP contribution in [0.3, 0.4) is 0 Å². The predicted molar refractivity (Wildman–Crippen MR) is 132 cm³/mol. The smallest absolute Gasteiger partial charge is 0.254 e. The zero-order chi connectivity index (χ0) is 22.9. The standard InChI is InChI=1S/C27H25N5O/c1-16-5-3-6-19(11-16)25(15-28)30-27(33)23-14-21(12-20-7-4-10-29-26(20)23)18-8-9-24-22(13-18)17(2)31-32-24/h3-14,25H,15,28H2,1-2H3,(H,30,33)(H,31,32). The molecule has 0 aliphatic carbocycles. The molecule has 0 bridgehead atoms. The molecule has 4 N–H and O–H groups in total. The lowest BCUT2D eigenvalue weighted by Gasteiger charge is -2.19. The van der Waals surface area contributed by atoms with E-state index in [4.69, 9.17) is 5.73 Å². The Morgan fingerprint density at radius 1 is 1.03 bits per heavy atom. The van der Waals surface area contributed by atoms with Gasteiger partial charge in [-0.15, -0.1) is 0 Å². The maximum absolute atomic E-state index is 13.5. The molecule has 6 nitrogen and oxygen atoms in total. The molecule has 2 heterocycles. The van der Waals surface area contributed by atoms with Gasteiger partial charge in [0, 0.05) is 29.2 Å². The minimum Gasteiger partial charge on any atom is -0.344 e. The van der Waals surface area contributed by atoms with E-state index < -0.39 is 0 Å². The molecule has 5 aromatic rings. The Kier molecular flexibility index (Phi) is 5.36. The van der Waals surface area contributed by atoms with Crippen LogP contribution < -0.4 is 11.1 Å². The highest BCUT2D eigenvalue weighted by Crippen LogP contribution is 2.30. The Balaban J connectivity index is 1.58. The fraction of sp³-hybridized carbons (Fsp3) is 0.148. The fourth-order valence-electron chi connectivity index (χ4n) is 4.25. The summed E-state index contributed by atoms with van der Waals surface area (Å²) in [5.41, 5.74) is 13.2. The minimum atomic E-state index is -0.287. The minimum absolute atomic E-state index is 0.196. The van der Waals surface area contributed by atoms with Gasteiger partial charge in [-0.05, 0) is 60.9 Å². The molecule has 3 aromatic carbocycles. The van der Waals surface area contributed by atoms with Crippen LogP contribution in [0, 0.1) is 13.8 Å². The van der Waals surface area contributed by atoms with Gasteiger partial charge in [0.05, 0.1) is 22.6 Å². The molecule has 1 amide bonds. The van der Waals surface area contributed by atoms with Crippen molar-refractivity contribution in [1.82, 2.24) is 20.5 Å². The Hall–Kier alpha value is -4.03. The number of rotatable bonds is 5. The van der Waals surface area contributed by atoms with Crippen molar-refractivity contribution in [3.05, 3.63) is 95.3 Å². The molecule has 5 rings (SSSR count). The van der Waals surface area contributed by atoms with Gasteiger partial charge in [0.15, 0.2) is 0 Å². The van der Waals surface area contributed by atoms with E-state index in [2.05, 4.69) is 32.6 Å². The maximum atomic E-state index is 13.5. The van der Waals surface area contributed by atoms with Gasteiger partial charge >= 0.3 is 0 Å². The van der Waals surface area contributed by atoms with Crippen LogP contribution in [0.15, 0.2) is 72.9 Å². The second-order valence-corrected chi connectivity index (χ2v) is 8.36. The van der Waals surface area contributed by atoms with Crippen LogP contribution in [0.2, 0.25) is 0 Å². The first-order chi connectivity index (χ1) is 16.0. The number of hydrogen-bond donors (Lipinski definition) is 3. The number of nitrogens with zero attached hydrogens (tertiary/aromatic N) is 2. The summed E-state index contributed by atoms with van der Waals surface area (Å²) < 4.78 is 0. The third-order valence-corrected chi connectivity index (χ3v) is 6.01. The molecule has 0 radical (unpaired) electrons. The first-order valence-corrected chi connectivity index (χ1v) is 10.9. The summed E-state index contributed by atoms with van der Waals surface area (Å²) in [6, 6.07) is 21.7. The van der Waals surface area contributed by atoms with Crippen LogP contribution in [0.5, 0.6) is 0 Å². The molecular weight excluding hydrogens is 410 g/mol. The first kappa shape index (κ1) is 20.8. The van der Waals surface area contributed by atoms with E-state index in [1.807, 2.05) is 68.4 Å². The highest BCUT2D eigenvalue weighted by atomic mass is 16.1. The van der Waals surface area contributed by atoms with Crippen molar-refractivity contribution in [2.24, 2.45) is 5.73 Å². The van der Waals surface area contributed by atoms with Crippen LogP contribution >= 0.6 is 0 Å². The average Bonchev–Trinajstić information content (AvgIpc) is 3.21. The third kappa shape index (κ3) is 3.97. The lowest BCUT2D eigenvalue weighted by Crippen LogP contribution is -2.33. The number of nitrogens with one attached hydrogen (secondary N) is 2. The quantitative estimate of drug-likeness (QED) is 0.369. The van der Waals surface area contributed by atoms with Gasteiger partial charge in [0.2, 0.25) is 0 Å². The number of carbonyl (C=O) groups is 1. The van der Waals surface area contributed by atoms with Crippen LogP contribution in [0.25, 0.3) is 32.9 Å². The normalized spacial score (nSPS) is 12.2. The largest absolute Gasteiger partial charge is 0.344 e. The zero-order valence-electron chi connectivity index (χ0n) is 18.6. The second-order valence-electron chi connectivity index (χ2n) is 8.36. The molecule has 0 saturated carbocycles. The first-order valence-electron chi connectivity index (χ1n) is 10.9. The second kappa shape index (κ2) is 8.48. The summed E-state index contributed by atoms with van der Waals surface area (Å²) in [5.74, 6) is -0.196. The molecule has 1 atom stereocenters. The summed E-state index contributed by atoms with van der Waals surface area (Å²) in [4.78, 5) is 18.0. The highest BCUT2D eigenvalue weighted by Gasteiger charge is 2.19. The molecule has 0 spiro atoms. The number of aryl methyl sites for hydroxylation is 2. The molecule has 0 aliphatic heterocycles. The van der Waals surface area contributed by atoms with Crippen LogP contribution in [-0.4, -0.2) is 27.6 Å². The van der Waals surface area contributed by atoms with E-state index in [0.29, 0.717) is 17.6 Å². The van der Waals surface area contributed by atoms with E-state index in [1.165, 1.54) is 0 Å². The summed E-state index contributed by atoms with van der Waals surface area (Å²) in [5, 5.41) is 12.4. The van der Waals surface area contributed by atoms with Crippen molar-refractivity contribution in [1.29, 1.82) is 0 Å². The van der Waals surface area contributed by atoms with Crippen molar-refractivity contribution < 1.29 is 4.79 Å². The molecule has 6 heteroatoms. The number of carbonyl (C=O) groups excluding carboxylic acids is 1. The molecule has 164 valence electrons. The Bertz CT molecular complexity index is 1490. The average molecular weight is 436 g/mol. The molecule has 2 aromatic heterocycles. The number of benzene rings is 3. The molecule has 33 heavy (non-hydrogen) atoms. The van der Waals surface area contributed by atoms with E-state index in [0.717, 1.165) is 44.2 Å². The number of aromatic nitrogens is 3. The number of fused-ring (bicyclic) bond motifs is 2. The van der Waals surface area contributed by atoms with Crippen molar-refractivity contribution in [3.8, 4) is 11.1 Å². The van der Waals surface area contributed by atoms with Crippen molar-refractivity contribution in [3.63, 3.8) is 0 Å². The van der Waals surface area contributed by atoms with Crippen molar-refractivity contribution in [2.75, 3.05) is 6.54 Å². The van der Waals surface area contributed by atoms with Crippen LogP contribution in [0.4, 0.5) is 0 Å². The number of amides is 1. The van der Waals surface area contributed by atoms with Gasteiger partial charge in [0.1, 0.15) is 0 Å². The predicted octanol–water partition coefficient (Wildman–Crippen LogP) is 4.82. The van der Waals surface area contributed by atoms with Gasteiger partial charge in [-0.1, -0.05) is 42.0 Å². The van der Waals surface area contributed by atoms with Gasteiger partial charge in [-0.25, -0.2) is 0 Å². The molecular formula is C27H25N5O. The Morgan fingerprint density at radius 3 is 2.73 bits per heavy atom. The lowest BCUT2D eigenvalue weighted by atomic mass is 9.97. The molecule has 0 saturated heterocycles. The number of H-pyrrole nitrogens is 1. The summed E-state index contributed by atoms with van der Waals surface area (Å²) in [7, 11) is 0. The van der Waals surface area contributed by atoms with E-state index in [9.17, 15) is 4.79 Å². The van der Waals surface area contributed by atoms with Gasteiger partial charge in [0.25, 0.3) is 5.91 Å². The topological polar surface area (TPSA) is 96.7 Å². The maximum Gasteiger partial charge on any atom is 0.254 e. The molecule has 1 unspecified atom stereocenters. The van der Waals surface area contributed by atoms with Gasteiger partial charge < -0.3 is 11.1 Å². The lowest BCUT2D eigenvalue weighted by molar-refractivity contribution is 0.0939. The monoisotopic (exact) mass is 435 g/mol. The zero-order valence-corrected chi connectivity index (χ0v) is 18.6. The van der Waals surface area contributed by atoms with Crippen LogP contribution in [0.1, 0.15) is 33.2 Å². The summed E-state index contributed by atoms with van der Waals surface area (Å²) in [6.45, 7) is 4.33. The number of hydrogen-bond acceptors (Lipinski definition) is 4. The van der Waals surface area contributed by atoms with E-state index in [-0.39, 0.29) is 11.9 Å². The molecule has 0 fully saturated rings. The fourth-order valence-corrected chi connectivity index (χ4v) is 4.25. The SMILES string of the molecule is Cc1cccc(C(CN)NC(=O)c2cc(-c3ccc4n[nH]c(C)c4c3)cc3cccnc23)c1. The Labute approximate surface area is 191 Å². The number of aromatic amines is 1. The number of pyridine rings is 1. The molecule has 0 aliphatic rings. The van der Waals surface area contributed by atoms with Crippen LogP contribution in [-0.2, 0) is 0 Å². The van der Waals surface area contributed by atoms with Crippen molar-refractivity contribution >= 4 is 27.7 Å². The van der Waals surface area contributed by atoms with Crippen molar-refractivity contribution in [2.45, 2.75) is 19.9 Å². The Morgan fingerprint density at radius 2 is 1.91 bits per heavy atom. The third-order valence-electron chi connectivity index (χ3n) is 6.01. The van der Waals surface area contributed by atoms with Gasteiger partial charge in [-0.3, -0.25) is 14.9 Å².